The number of aldehydes is 1. The molecule has 1 aromatic carbocycles. The van der Waals surface area contributed by atoms with E-state index in [1.165, 1.54) is 4.90 Å². The Kier molecular flexibility index (Phi) is 11.0. The number of nitrogens with zero attached hydrogens (tertiary/aromatic N) is 3. The van der Waals surface area contributed by atoms with Crippen LogP contribution in [0.3, 0.4) is 0 Å². The van der Waals surface area contributed by atoms with Gasteiger partial charge in [-0.2, -0.15) is 0 Å². The number of aromatic nitrogens is 1. The molecule has 8 heteroatoms. The molecule has 2 aromatic rings. The molecule has 0 saturated heterocycles. The topological polar surface area (TPSA) is 94.6 Å². The van der Waals surface area contributed by atoms with Crippen molar-refractivity contribution in [2.75, 3.05) is 41.8 Å². The molecule has 1 heterocycles. The SMILES string of the molecule is CC(C)CN(C)c1ccc(NC(=O)CC2=CC=CCC=C2)cc1N(CC=O)C(=O)CNCc1ccccn1. The second-order valence-corrected chi connectivity index (χ2v) is 9.61. The molecule has 38 heavy (non-hydrogen) atoms. The number of benzene rings is 1. The first-order valence-corrected chi connectivity index (χ1v) is 12.9. The number of carbonyl (C=O) groups excluding carboxylic acids is 3. The molecule has 0 radical (unpaired) electrons. The Balaban J connectivity index is 1.82. The Labute approximate surface area is 225 Å². The number of carbonyl (C=O) groups is 3. The standard InChI is InChI=1S/C30H37N5O3/c1-23(2)22-34(3)27-14-13-25(33-29(37)18-24-10-6-4-5-7-11-24)19-28(27)35(16-17-36)30(38)21-31-20-26-12-8-9-15-32-26/h4,6-15,17,19,23,31H,5,16,18,20-22H2,1-3H3,(H,33,37). The van der Waals surface area contributed by atoms with E-state index >= 15 is 0 Å². The van der Waals surface area contributed by atoms with Crippen molar-refractivity contribution in [3.63, 3.8) is 0 Å². The number of pyridine rings is 1. The summed E-state index contributed by atoms with van der Waals surface area (Å²) in [7, 11) is 1.96. The minimum Gasteiger partial charge on any atom is -0.373 e. The fraction of sp³-hybridized carbons (Fsp3) is 0.333. The van der Waals surface area contributed by atoms with E-state index in [-0.39, 0.29) is 31.3 Å². The van der Waals surface area contributed by atoms with Gasteiger partial charge in [-0.3, -0.25) is 14.6 Å². The Hall–Kier alpha value is -4.04. The summed E-state index contributed by atoms with van der Waals surface area (Å²) < 4.78 is 0. The van der Waals surface area contributed by atoms with Crippen molar-refractivity contribution in [3.05, 3.63) is 84.2 Å². The number of amides is 2. The summed E-state index contributed by atoms with van der Waals surface area (Å²) in [6.07, 6.45) is 13.4. The minimum absolute atomic E-state index is 0.0301. The molecular weight excluding hydrogens is 478 g/mol. The van der Waals surface area contributed by atoms with E-state index in [1.807, 2.05) is 67.8 Å². The second-order valence-electron chi connectivity index (χ2n) is 9.61. The lowest BCUT2D eigenvalue weighted by molar-refractivity contribution is -0.119. The summed E-state index contributed by atoms with van der Waals surface area (Å²) in [6.45, 7) is 5.35. The Bertz CT molecular complexity index is 1190. The monoisotopic (exact) mass is 515 g/mol. The summed E-state index contributed by atoms with van der Waals surface area (Å²) in [5.74, 6) is -0.0237. The zero-order valence-electron chi connectivity index (χ0n) is 22.4. The summed E-state index contributed by atoms with van der Waals surface area (Å²) in [6, 6.07) is 11.1. The second kappa shape index (κ2) is 14.6. The highest BCUT2D eigenvalue weighted by Gasteiger charge is 2.21. The number of allylic oxidation sites excluding steroid dienone is 5. The maximum atomic E-state index is 13.3. The molecule has 2 amide bonds. The van der Waals surface area contributed by atoms with Crippen molar-refractivity contribution in [2.24, 2.45) is 5.92 Å². The van der Waals surface area contributed by atoms with Crippen molar-refractivity contribution < 1.29 is 14.4 Å². The van der Waals surface area contributed by atoms with Gasteiger partial charge in [0, 0.05) is 32.0 Å². The molecule has 0 atom stereocenters. The van der Waals surface area contributed by atoms with Crippen molar-refractivity contribution >= 4 is 35.2 Å². The van der Waals surface area contributed by atoms with Crippen LogP contribution in [0.15, 0.2) is 78.5 Å². The predicted octanol–water partition coefficient (Wildman–Crippen LogP) is 4.27. The Morgan fingerprint density at radius 2 is 1.97 bits per heavy atom. The maximum Gasteiger partial charge on any atom is 0.241 e. The maximum absolute atomic E-state index is 13.3. The third-order valence-electron chi connectivity index (χ3n) is 5.88. The van der Waals surface area contributed by atoms with Crippen molar-refractivity contribution in [1.29, 1.82) is 0 Å². The van der Waals surface area contributed by atoms with E-state index in [4.69, 9.17) is 0 Å². The molecule has 0 fully saturated rings. The lowest BCUT2D eigenvalue weighted by Crippen LogP contribution is -2.40. The quantitative estimate of drug-likeness (QED) is 0.387. The molecule has 1 aliphatic carbocycles. The number of rotatable bonds is 13. The van der Waals surface area contributed by atoms with Gasteiger partial charge in [0.25, 0.3) is 0 Å². The molecule has 3 rings (SSSR count). The van der Waals surface area contributed by atoms with E-state index in [9.17, 15) is 14.4 Å². The first-order valence-electron chi connectivity index (χ1n) is 12.9. The fourth-order valence-corrected chi connectivity index (χ4v) is 4.22. The van der Waals surface area contributed by atoms with E-state index < -0.39 is 0 Å². The molecular formula is C30H37N5O3. The van der Waals surface area contributed by atoms with Gasteiger partial charge in [0.05, 0.1) is 36.6 Å². The first kappa shape index (κ1) is 28.5. The average molecular weight is 516 g/mol. The summed E-state index contributed by atoms with van der Waals surface area (Å²) in [5.41, 5.74) is 3.67. The lowest BCUT2D eigenvalue weighted by atomic mass is 10.1. The Morgan fingerprint density at radius 3 is 2.71 bits per heavy atom. The van der Waals surface area contributed by atoms with Crippen molar-refractivity contribution in [2.45, 2.75) is 33.2 Å². The van der Waals surface area contributed by atoms with Gasteiger partial charge in [0.1, 0.15) is 6.29 Å². The highest BCUT2D eigenvalue weighted by Crippen LogP contribution is 2.33. The van der Waals surface area contributed by atoms with Gasteiger partial charge in [-0.15, -0.1) is 0 Å². The normalized spacial score (nSPS) is 12.6. The van der Waals surface area contributed by atoms with Crippen LogP contribution in [0.5, 0.6) is 0 Å². The molecule has 8 nitrogen and oxygen atoms in total. The first-order chi connectivity index (χ1) is 18.4. The molecule has 1 aromatic heterocycles. The summed E-state index contributed by atoms with van der Waals surface area (Å²) in [5, 5.41) is 6.07. The smallest absolute Gasteiger partial charge is 0.241 e. The van der Waals surface area contributed by atoms with Gasteiger partial charge in [0.2, 0.25) is 11.8 Å². The van der Waals surface area contributed by atoms with E-state index in [0.717, 1.165) is 29.9 Å². The molecule has 0 spiro atoms. The third-order valence-corrected chi connectivity index (χ3v) is 5.88. The highest BCUT2D eigenvalue weighted by molar-refractivity contribution is 6.02. The van der Waals surface area contributed by atoms with Crippen LogP contribution in [0.2, 0.25) is 0 Å². The van der Waals surface area contributed by atoms with E-state index in [0.29, 0.717) is 30.1 Å². The van der Waals surface area contributed by atoms with Crippen molar-refractivity contribution in [3.8, 4) is 0 Å². The fourth-order valence-electron chi connectivity index (χ4n) is 4.22. The van der Waals surface area contributed by atoms with Crippen LogP contribution < -0.4 is 20.4 Å². The zero-order chi connectivity index (χ0) is 27.3. The number of hydrogen-bond donors (Lipinski definition) is 2. The molecule has 2 N–H and O–H groups in total. The third kappa shape index (κ3) is 8.81. The number of nitrogens with one attached hydrogen (secondary N) is 2. The largest absolute Gasteiger partial charge is 0.373 e. The van der Waals surface area contributed by atoms with Gasteiger partial charge in [-0.05, 0) is 48.2 Å². The number of anilines is 3. The van der Waals surface area contributed by atoms with Crippen LogP contribution in [0.1, 0.15) is 32.4 Å². The van der Waals surface area contributed by atoms with Crippen LogP contribution >= 0.6 is 0 Å². The molecule has 0 aliphatic heterocycles. The molecule has 0 bridgehead atoms. The van der Waals surface area contributed by atoms with Crippen LogP contribution in [0, 0.1) is 5.92 Å². The van der Waals surface area contributed by atoms with Crippen LogP contribution in [-0.4, -0.2) is 49.8 Å². The van der Waals surface area contributed by atoms with Gasteiger partial charge >= 0.3 is 0 Å². The molecule has 0 saturated carbocycles. The van der Waals surface area contributed by atoms with Crippen molar-refractivity contribution in [1.82, 2.24) is 10.3 Å². The molecule has 0 unspecified atom stereocenters. The summed E-state index contributed by atoms with van der Waals surface area (Å²) in [4.78, 5) is 45.5. The van der Waals surface area contributed by atoms with Gasteiger partial charge in [-0.25, -0.2) is 0 Å². The average Bonchev–Trinajstić information content (AvgIpc) is 3.16. The Morgan fingerprint density at radius 1 is 1.13 bits per heavy atom. The zero-order valence-corrected chi connectivity index (χ0v) is 22.4. The van der Waals surface area contributed by atoms with Crippen LogP contribution in [0.4, 0.5) is 17.1 Å². The summed E-state index contributed by atoms with van der Waals surface area (Å²) >= 11 is 0. The van der Waals surface area contributed by atoms with Crippen LogP contribution in [0.25, 0.3) is 0 Å². The van der Waals surface area contributed by atoms with E-state index in [2.05, 4.69) is 34.4 Å². The predicted molar refractivity (Wildman–Crippen MR) is 153 cm³/mol. The van der Waals surface area contributed by atoms with Gasteiger partial charge in [0.15, 0.2) is 0 Å². The highest BCUT2D eigenvalue weighted by atomic mass is 16.2. The van der Waals surface area contributed by atoms with Gasteiger partial charge < -0.3 is 25.2 Å². The molecule has 200 valence electrons. The van der Waals surface area contributed by atoms with E-state index in [1.54, 1.807) is 12.3 Å². The lowest BCUT2D eigenvalue weighted by Gasteiger charge is -2.30. The number of hydrogen-bond acceptors (Lipinski definition) is 6. The minimum atomic E-state index is -0.253. The van der Waals surface area contributed by atoms with Gasteiger partial charge in [-0.1, -0.05) is 50.3 Å². The van der Waals surface area contributed by atoms with Crippen LogP contribution in [-0.2, 0) is 20.9 Å². The molecule has 1 aliphatic rings.